The topological polar surface area (TPSA) is 154 Å². The Balaban J connectivity index is 2.22. The number of methoxy groups -OCH3 is 2. The highest BCUT2D eigenvalue weighted by atomic mass is 32.2. The van der Waals surface area contributed by atoms with Crippen molar-refractivity contribution in [2.75, 3.05) is 19.5 Å². The maximum Gasteiger partial charge on any atom is 0.339 e. The van der Waals surface area contributed by atoms with Gasteiger partial charge in [-0.3, -0.25) is 10.1 Å². The molecule has 0 fully saturated rings. The molecule has 0 saturated carbocycles. The molecular formula is C17H18N4O7S2. The zero-order valence-corrected chi connectivity index (χ0v) is 17.8. The van der Waals surface area contributed by atoms with Crippen LogP contribution in [0.3, 0.4) is 0 Å². The van der Waals surface area contributed by atoms with Crippen molar-refractivity contribution in [1.82, 2.24) is 14.7 Å². The van der Waals surface area contributed by atoms with E-state index in [1.807, 2.05) is 0 Å². The molecule has 0 aliphatic rings. The van der Waals surface area contributed by atoms with Crippen LogP contribution in [0.5, 0.6) is 5.88 Å². The largest absolute Gasteiger partial charge is 0.481 e. The van der Waals surface area contributed by atoms with Gasteiger partial charge in [0, 0.05) is 18.7 Å². The average molecular weight is 454 g/mol. The first-order valence-corrected chi connectivity index (χ1v) is 10.7. The van der Waals surface area contributed by atoms with Gasteiger partial charge in [0.1, 0.15) is 4.90 Å². The maximum absolute atomic E-state index is 12.6. The van der Waals surface area contributed by atoms with E-state index in [9.17, 15) is 22.8 Å². The Kier molecular flexibility index (Phi) is 7.72. The summed E-state index contributed by atoms with van der Waals surface area (Å²) >= 11 is 0.992. The fourth-order valence-corrected chi connectivity index (χ4v) is 3.77. The quantitative estimate of drug-likeness (QED) is 0.589. The molecule has 2 N–H and O–H groups in total. The molecule has 1 heterocycles. The molecular weight excluding hydrogens is 436 g/mol. The average Bonchev–Trinajstić information content (AvgIpc) is 2.70. The number of esters is 1. The third-order valence-electron chi connectivity index (χ3n) is 3.42. The van der Waals surface area contributed by atoms with Crippen LogP contribution in [-0.4, -0.2) is 49.7 Å². The molecule has 2 aromatic rings. The van der Waals surface area contributed by atoms with Crippen LogP contribution in [-0.2, 0) is 25.3 Å². The second-order valence-electron chi connectivity index (χ2n) is 5.55. The standard InChI is InChI=1S/C17H18N4O7S2/c1-10(22)29-9-11-8-14(27-2)19-16(18-11)20-17(24)21-30(25,26)13-7-5-4-6-12(13)15(23)28-3/h4-8H,9H2,1-3H3,(H2,18,19,20,21,24). The number of hydrogen-bond donors (Lipinski definition) is 2. The van der Waals surface area contributed by atoms with Crippen LogP contribution >= 0.6 is 11.8 Å². The fraction of sp³-hybridized carbons (Fsp3) is 0.235. The lowest BCUT2D eigenvalue weighted by atomic mass is 10.2. The van der Waals surface area contributed by atoms with E-state index in [0.717, 1.165) is 24.9 Å². The second-order valence-corrected chi connectivity index (χ2v) is 8.36. The molecule has 0 bridgehead atoms. The van der Waals surface area contributed by atoms with Crippen LogP contribution in [0.4, 0.5) is 10.7 Å². The van der Waals surface area contributed by atoms with Gasteiger partial charge in [-0.25, -0.2) is 27.7 Å². The van der Waals surface area contributed by atoms with Crippen molar-refractivity contribution in [3.8, 4) is 5.88 Å². The summed E-state index contributed by atoms with van der Waals surface area (Å²) in [6.07, 6.45) is 0. The molecule has 160 valence electrons. The molecule has 11 nitrogen and oxygen atoms in total. The van der Waals surface area contributed by atoms with Gasteiger partial charge in [0.2, 0.25) is 11.8 Å². The number of benzene rings is 1. The Morgan fingerprint density at radius 2 is 1.83 bits per heavy atom. The van der Waals surface area contributed by atoms with E-state index in [1.165, 1.54) is 38.3 Å². The Morgan fingerprint density at radius 1 is 1.13 bits per heavy atom. The van der Waals surface area contributed by atoms with Gasteiger partial charge in [-0.05, 0) is 12.1 Å². The number of sulfonamides is 1. The first kappa shape index (κ1) is 23.1. The molecule has 1 aromatic heterocycles. The summed E-state index contributed by atoms with van der Waals surface area (Å²) in [4.78, 5) is 42.7. The number of amides is 2. The minimum atomic E-state index is -4.41. The van der Waals surface area contributed by atoms with Crippen LogP contribution in [0.15, 0.2) is 35.2 Å². The third kappa shape index (κ3) is 6.15. The minimum absolute atomic E-state index is 0.110. The number of nitrogens with zero attached hydrogens (tertiary/aromatic N) is 2. The summed E-state index contributed by atoms with van der Waals surface area (Å²) in [6, 6.07) is 5.57. The van der Waals surface area contributed by atoms with E-state index in [2.05, 4.69) is 20.0 Å². The Hall–Kier alpha value is -3.19. The van der Waals surface area contributed by atoms with Gasteiger partial charge in [0.15, 0.2) is 5.12 Å². The number of anilines is 1. The summed E-state index contributed by atoms with van der Waals surface area (Å²) in [5.74, 6) is -0.795. The summed E-state index contributed by atoms with van der Waals surface area (Å²) in [6.45, 7) is 1.40. The van der Waals surface area contributed by atoms with Gasteiger partial charge in [0.05, 0.1) is 25.5 Å². The van der Waals surface area contributed by atoms with Crippen molar-refractivity contribution in [3.63, 3.8) is 0 Å². The molecule has 0 atom stereocenters. The smallest absolute Gasteiger partial charge is 0.339 e. The second kappa shape index (κ2) is 10.0. The molecule has 1 aromatic carbocycles. The van der Waals surface area contributed by atoms with Crippen LogP contribution in [0.25, 0.3) is 0 Å². The highest BCUT2D eigenvalue weighted by Gasteiger charge is 2.25. The van der Waals surface area contributed by atoms with E-state index < -0.39 is 26.9 Å². The molecule has 13 heteroatoms. The minimum Gasteiger partial charge on any atom is -0.481 e. The van der Waals surface area contributed by atoms with E-state index in [-0.39, 0.29) is 28.3 Å². The Labute approximate surface area is 176 Å². The SMILES string of the molecule is COC(=O)c1ccccc1S(=O)(=O)NC(=O)Nc1nc(CSC(C)=O)cc(OC)n1. The third-order valence-corrected chi connectivity index (χ3v) is 5.66. The normalized spacial score (nSPS) is 10.8. The van der Waals surface area contributed by atoms with Crippen molar-refractivity contribution >= 4 is 44.8 Å². The Morgan fingerprint density at radius 3 is 2.47 bits per heavy atom. The fourth-order valence-electron chi connectivity index (χ4n) is 2.17. The molecule has 0 aliphatic carbocycles. The number of thioether (sulfide) groups is 1. The number of carbonyl (C=O) groups excluding carboxylic acids is 3. The molecule has 0 unspecified atom stereocenters. The van der Waals surface area contributed by atoms with Gasteiger partial charge >= 0.3 is 12.0 Å². The van der Waals surface area contributed by atoms with Crippen LogP contribution < -0.4 is 14.8 Å². The first-order chi connectivity index (χ1) is 14.2. The summed E-state index contributed by atoms with van der Waals surface area (Å²) in [5.41, 5.74) is 0.151. The predicted molar refractivity (Wildman–Crippen MR) is 108 cm³/mol. The van der Waals surface area contributed by atoms with Gasteiger partial charge < -0.3 is 9.47 Å². The molecule has 0 radical (unpaired) electrons. The highest BCUT2D eigenvalue weighted by Crippen LogP contribution is 2.19. The maximum atomic E-state index is 12.6. The first-order valence-electron chi connectivity index (χ1n) is 8.22. The van der Waals surface area contributed by atoms with Crippen LogP contribution in [0.2, 0.25) is 0 Å². The molecule has 0 aliphatic heterocycles. The lowest BCUT2D eigenvalue weighted by molar-refractivity contribution is -0.109. The van der Waals surface area contributed by atoms with Crippen LogP contribution in [0, 0.1) is 0 Å². The van der Waals surface area contributed by atoms with Crippen molar-refractivity contribution in [3.05, 3.63) is 41.6 Å². The van der Waals surface area contributed by atoms with E-state index in [4.69, 9.17) is 4.74 Å². The highest BCUT2D eigenvalue weighted by molar-refractivity contribution is 8.12. The molecule has 0 saturated heterocycles. The van der Waals surface area contributed by atoms with Gasteiger partial charge in [0.25, 0.3) is 10.0 Å². The van der Waals surface area contributed by atoms with Crippen molar-refractivity contribution in [2.24, 2.45) is 0 Å². The number of hydrogen-bond acceptors (Lipinski definition) is 10. The lowest BCUT2D eigenvalue weighted by Gasteiger charge is -2.11. The van der Waals surface area contributed by atoms with Crippen molar-refractivity contribution < 1.29 is 32.3 Å². The van der Waals surface area contributed by atoms with E-state index >= 15 is 0 Å². The Bertz CT molecular complexity index is 1070. The summed E-state index contributed by atoms with van der Waals surface area (Å²) < 4.78 is 36.5. The number of aromatic nitrogens is 2. The zero-order chi connectivity index (χ0) is 22.3. The summed E-state index contributed by atoms with van der Waals surface area (Å²) in [7, 11) is -1.96. The van der Waals surface area contributed by atoms with Gasteiger partial charge in [-0.15, -0.1) is 0 Å². The molecule has 2 rings (SSSR count). The van der Waals surface area contributed by atoms with Gasteiger partial charge in [-0.2, -0.15) is 4.98 Å². The van der Waals surface area contributed by atoms with Crippen molar-refractivity contribution in [1.29, 1.82) is 0 Å². The monoisotopic (exact) mass is 454 g/mol. The number of ether oxygens (including phenoxy) is 2. The number of rotatable bonds is 7. The van der Waals surface area contributed by atoms with Crippen molar-refractivity contribution in [2.45, 2.75) is 17.6 Å². The summed E-state index contributed by atoms with van der Waals surface area (Å²) in [5, 5.41) is 2.06. The number of carbonyl (C=O) groups is 3. The molecule has 2 amide bonds. The number of nitrogens with one attached hydrogen (secondary N) is 2. The predicted octanol–water partition coefficient (Wildman–Crippen LogP) is 1.56. The molecule has 0 spiro atoms. The number of urea groups is 1. The van der Waals surface area contributed by atoms with Crippen LogP contribution in [0.1, 0.15) is 23.0 Å². The van der Waals surface area contributed by atoms with E-state index in [0.29, 0.717) is 5.69 Å². The van der Waals surface area contributed by atoms with Gasteiger partial charge in [-0.1, -0.05) is 23.9 Å². The molecule has 30 heavy (non-hydrogen) atoms. The lowest BCUT2D eigenvalue weighted by Crippen LogP contribution is -2.35. The van der Waals surface area contributed by atoms with E-state index in [1.54, 1.807) is 4.72 Å². The zero-order valence-electron chi connectivity index (χ0n) is 16.2.